The molecule has 6 aliphatic rings. The highest BCUT2D eigenvalue weighted by Gasteiger charge is 2.81. The number of nitrogens with zero attached hydrogens (tertiary/aromatic N) is 4. The summed E-state index contributed by atoms with van der Waals surface area (Å²) in [6, 6.07) is 49.3. The van der Waals surface area contributed by atoms with Crippen molar-refractivity contribution in [2.45, 2.75) is 111 Å². The number of fused-ring (bicyclic) bond motifs is 4. The first-order chi connectivity index (χ1) is 40.3. The Morgan fingerprint density at radius 3 is 0.952 bits per heavy atom. The molecule has 4 spiro atoms. The molecule has 2 N–H and O–H groups in total. The second-order valence-electron chi connectivity index (χ2n) is 22.2. The van der Waals surface area contributed by atoms with Crippen molar-refractivity contribution >= 4 is 86.9 Å². The van der Waals surface area contributed by atoms with Crippen molar-refractivity contribution in [1.82, 2.24) is 19.9 Å². The molecule has 4 aromatic heterocycles. The molecular weight excluding hydrogens is 1330 g/mol. The van der Waals surface area contributed by atoms with Crippen molar-refractivity contribution in [3.05, 3.63) is 233 Å². The van der Waals surface area contributed by atoms with E-state index in [4.69, 9.17) is 38.9 Å². The number of Topliss-reactive ketones (excluding diaryl/α,β-unsaturated/α-hetero) is 4. The molecule has 2 fully saturated rings. The second kappa shape index (κ2) is 21.6. The number of ketones is 4. The van der Waals surface area contributed by atoms with E-state index in [9.17, 15) is 29.4 Å². The fourth-order valence-corrected chi connectivity index (χ4v) is 15.0. The largest absolute Gasteiger partial charge is 0.477 e. The molecule has 0 bridgehead atoms. The Morgan fingerprint density at radius 2 is 0.667 bits per heavy atom. The Morgan fingerprint density at radius 1 is 0.393 bits per heavy atom. The number of benzene rings is 4. The summed E-state index contributed by atoms with van der Waals surface area (Å²) in [6.07, 6.45) is 2.56. The summed E-state index contributed by atoms with van der Waals surface area (Å²) >= 11 is 13.8. The Kier molecular flexibility index (Phi) is 14.8. The number of aliphatic hydroxyl groups is 2. The molecule has 14 rings (SSSR count). The Bertz CT molecular complexity index is 3740. The molecule has 10 atom stereocenters. The molecule has 4 aliphatic heterocycles. The average Bonchev–Trinajstić information content (AvgIpc) is 1.44. The third-order valence-electron chi connectivity index (χ3n) is 17.3. The quantitative estimate of drug-likeness (QED) is 0.154. The lowest BCUT2D eigenvalue weighted by atomic mass is 9.51. The Labute approximate surface area is 518 Å². The molecule has 84 heavy (non-hydrogen) atoms. The first-order valence-corrected chi connectivity index (χ1v) is 30.7. The number of para-hydroxylation sites is 4. The van der Waals surface area contributed by atoms with Gasteiger partial charge < -0.3 is 29.2 Å². The molecule has 0 amide bonds. The monoisotopic (exact) mass is 1380 g/mol. The first kappa shape index (κ1) is 57.6. The number of ether oxygens (including phenoxy) is 4. The van der Waals surface area contributed by atoms with E-state index in [2.05, 4.69) is 77.6 Å². The van der Waals surface area contributed by atoms with E-state index in [0.717, 1.165) is 0 Å². The predicted molar refractivity (Wildman–Crippen MR) is 326 cm³/mol. The average molecular weight is 1380 g/mol. The maximum absolute atomic E-state index is 14.8. The summed E-state index contributed by atoms with van der Waals surface area (Å²) in [5.74, 6) is -3.87. The van der Waals surface area contributed by atoms with Gasteiger partial charge in [0.25, 0.3) is 0 Å². The molecule has 0 radical (unpaired) electrons. The third-order valence-corrected chi connectivity index (χ3v) is 19.0. The summed E-state index contributed by atoms with van der Waals surface area (Å²) in [6.45, 7) is 7.54. The number of pyridine rings is 4. The van der Waals surface area contributed by atoms with Crippen molar-refractivity contribution in [3.8, 4) is 23.0 Å². The van der Waals surface area contributed by atoms with Gasteiger partial charge in [-0.1, -0.05) is 99.5 Å². The summed E-state index contributed by atoms with van der Waals surface area (Å²) in [7, 11) is 0. The lowest BCUT2D eigenvalue weighted by Crippen LogP contribution is -2.75. The van der Waals surface area contributed by atoms with Gasteiger partial charge in [0.15, 0.2) is 11.2 Å². The van der Waals surface area contributed by atoms with Crippen LogP contribution in [0.4, 0.5) is 0 Å². The van der Waals surface area contributed by atoms with Crippen molar-refractivity contribution in [2.24, 2.45) is 0 Å². The number of hydrogen-bond donors (Lipinski definition) is 2. The van der Waals surface area contributed by atoms with Crippen LogP contribution in [0.15, 0.2) is 188 Å². The highest BCUT2D eigenvalue weighted by molar-refractivity contribution is 9.11. The summed E-state index contributed by atoms with van der Waals surface area (Å²) in [5, 5.41) is 24.8. The highest BCUT2D eigenvalue weighted by Crippen LogP contribution is 2.67. The van der Waals surface area contributed by atoms with E-state index >= 15 is 0 Å². The lowest BCUT2D eigenvalue weighted by Gasteiger charge is -2.57. The van der Waals surface area contributed by atoms with Gasteiger partial charge in [-0.2, -0.15) is 0 Å². The van der Waals surface area contributed by atoms with E-state index in [-0.39, 0.29) is 24.4 Å². The maximum atomic E-state index is 14.8. The molecule has 4 aromatic carbocycles. The molecule has 8 heterocycles. The van der Waals surface area contributed by atoms with Crippen LogP contribution < -0.4 is 18.9 Å². The fraction of sp³-hybridized carbons (Fsp3) is 0.273. The van der Waals surface area contributed by atoms with Gasteiger partial charge in [-0.25, -0.2) is 19.9 Å². The van der Waals surface area contributed by atoms with E-state index < -0.39 is 68.8 Å². The summed E-state index contributed by atoms with van der Waals surface area (Å²) in [4.78, 5) is 77.6. The summed E-state index contributed by atoms with van der Waals surface area (Å²) in [5.41, 5.74) is -7.56. The molecule has 2 saturated carbocycles. The zero-order chi connectivity index (χ0) is 59.1. The van der Waals surface area contributed by atoms with E-state index in [0.29, 0.717) is 86.4 Å². The number of aromatic nitrogens is 4. The minimum absolute atomic E-state index is 0.0413. The van der Waals surface area contributed by atoms with Crippen LogP contribution in [0.2, 0.25) is 0 Å². The van der Waals surface area contributed by atoms with Crippen molar-refractivity contribution in [2.75, 3.05) is 0 Å². The first-order valence-electron chi connectivity index (χ1n) is 27.6. The minimum atomic E-state index is -1.93. The Hall–Kier alpha value is -6.80. The predicted octanol–water partition coefficient (Wildman–Crippen LogP) is 13.9. The number of halogens is 4. The molecule has 8 aromatic rings. The third kappa shape index (κ3) is 8.70. The number of unbranched alkanes of at least 4 members (excludes halogenated alkanes) is 1. The number of rotatable bonds is 5. The van der Waals surface area contributed by atoms with Gasteiger partial charge in [-0.3, -0.25) is 19.2 Å². The van der Waals surface area contributed by atoms with Crippen LogP contribution in [0.1, 0.15) is 141 Å². The van der Waals surface area contributed by atoms with Crippen LogP contribution in [-0.2, 0) is 0 Å². The number of carbonyl (C=O) groups is 4. The van der Waals surface area contributed by atoms with Crippen LogP contribution in [0, 0.1) is 0 Å². The van der Waals surface area contributed by atoms with Crippen LogP contribution in [-0.4, -0.2) is 86.9 Å². The zero-order valence-electron chi connectivity index (χ0n) is 45.8. The second-order valence-corrected chi connectivity index (χ2v) is 25.5. The molecule has 0 saturated heterocycles. The SMILES string of the molecule is CCCC.C[C@@]1(O)C[C@@H](c2cccc(Br)n2)[C@@]2(Oc3ccccc3C2=O)[C@@H](c2cccc(Br)n2)[C@@]12Oc1ccccc1C2=O.C[C@]1(O)C[C@H](c2cccc(Br)n2)[C@]2(Oc3ccccc3C2=O)[C@H](c2cccc(Br)n2)[C@]12Oc1ccccc1C2=O. The number of carbonyl (C=O) groups excluding carboxylic acids is 4. The standard InChI is InChI=1S/2C31H22Br2N2O5.C4H10/c2*1-29(38)16-19(20-10-6-14-24(32)34-20)30(27(36)17-8-2-4-12-22(17)39-30)26(21-11-7-15-25(33)35-21)31(29)28(37)18-9-3-5-13-23(18)40-31;1-3-4-2/h2*2-15,19,26,38H,16H2,1H3;3-4H2,1-2H3/t2*19-,26+,29+,30+,31-;/m10./s1. The highest BCUT2D eigenvalue weighted by atomic mass is 79.9. The van der Waals surface area contributed by atoms with Crippen LogP contribution >= 0.6 is 63.7 Å². The van der Waals surface area contributed by atoms with E-state index in [1.54, 1.807) is 159 Å². The van der Waals surface area contributed by atoms with Crippen LogP contribution in [0.5, 0.6) is 23.0 Å². The molecule has 18 heteroatoms. The van der Waals surface area contributed by atoms with Crippen molar-refractivity contribution in [1.29, 1.82) is 0 Å². The summed E-state index contributed by atoms with van der Waals surface area (Å²) < 4.78 is 28.9. The Balaban J connectivity index is 0.000000156. The van der Waals surface area contributed by atoms with Gasteiger partial charge in [-0.15, -0.1) is 0 Å². The minimum Gasteiger partial charge on any atom is -0.477 e. The van der Waals surface area contributed by atoms with E-state index in [1.165, 1.54) is 12.8 Å². The van der Waals surface area contributed by atoms with Gasteiger partial charge >= 0.3 is 0 Å². The van der Waals surface area contributed by atoms with Gasteiger partial charge in [0.1, 0.15) is 52.6 Å². The van der Waals surface area contributed by atoms with Crippen LogP contribution in [0.25, 0.3) is 0 Å². The molecular formula is C66H54Br4N4O10. The fourth-order valence-electron chi connectivity index (χ4n) is 13.6. The zero-order valence-corrected chi connectivity index (χ0v) is 52.1. The van der Waals surface area contributed by atoms with Gasteiger partial charge in [-0.05, 0) is 187 Å². The smallest absolute Gasteiger partial charge is 0.214 e. The molecule has 2 aliphatic carbocycles. The van der Waals surface area contributed by atoms with Gasteiger partial charge in [0, 0.05) is 11.4 Å². The van der Waals surface area contributed by atoms with Gasteiger partial charge in [0.05, 0.1) is 57.3 Å². The topological polar surface area (TPSA) is 197 Å². The number of hydrogen-bond acceptors (Lipinski definition) is 14. The van der Waals surface area contributed by atoms with E-state index in [1.807, 2.05) is 24.3 Å². The van der Waals surface area contributed by atoms with Crippen molar-refractivity contribution in [3.63, 3.8) is 0 Å². The molecule has 14 nitrogen and oxygen atoms in total. The molecule has 0 unspecified atom stereocenters. The lowest BCUT2D eigenvalue weighted by molar-refractivity contribution is -0.173. The maximum Gasteiger partial charge on any atom is 0.214 e. The van der Waals surface area contributed by atoms with Gasteiger partial charge in [0.2, 0.25) is 34.3 Å². The normalized spacial score (nSPS) is 29.1. The van der Waals surface area contributed by atoms with Crippen molar-refractivity contribution < 1.29 is 48.3 Å². The molecule has 426 valence electrons. The van der Waals surface area contributed by atoms with Crippen LogP contribution in [0.3, 0.4) is 0 Å².